The molecule has 0 aliphatic rings. The summed E-state index contributed by atoms with van der Waals surface area (Å²) in [5.41, 5.74) is 1.25. The second-order valence-electron chi connectivity index (χ2n) is 3.76. The fourth-order valence-corrected chi connectivity index (χ4v) is 2.38. The highest BCUT2D eigenvalue weighted by atomic mass is 32.2. The summed E-state index contributed by atoms with van der Waals surface area (Å²) in [6.45, 7) is 0.271. The van der Waals surface area contributed by atoms with Crippen molar-refractivity contribution < 1.29 is 10.0 Å². The second-order valence-corrected chi connectivity index (χ2v) is 4.87. The summed E-state index contributed by atoms with van der Waals surface area (Å²) in [6.07, 6.45) is 3.04. The molecule has 1 N–H and O–H groups in total. The molecule has 0 radical (unpaired) electrons. The van der Waals surface area contributed by atoms with Crippen LogP contribution in [0.5, 0.6) is 0 Å². The van der Waals surface area contributed by atoms with Gasteiger partial charge in [0.2, 0.25) is 0 Å². The summed E-state index contributed by atoms with van der Waals surface area (Å²) in [5.74, 6) is 1.95. The lowest BCUT2D eigenvalue weighted by Crippen LogP contribution is -1.89. The lowest BCUT2D eigenvalue weighted by Gasteiger charge is -2.01. The van der Waals surface area contributed by atoms with Crippen LogP contribution in [0.2, 0.25) is 0 Å². The van der Waals surface area contributed by atoms with Crippen molar-refractivity contribution in [2.45, 2.75) is 25.0 Å². The minimum Gasteiger partial charge on any atom is -0.396 e. The van der Waals surface area contributed by atoms with Crippen LogP contribution in [-0.4, -0.2) is 22.4 Å². The van der Waals surface area contributed by atoms with Gasteiger partial charge in [-0.1, -0.05) is 18.6 Å². The number of rotatable bonds is 8. The van der Waals surface area contributed by atoms with Crippen molar-refractivity contribution in [1.29, 1.82) is 0 Å². The van der Waals surface area contributed by atoms with Crippen molar-refractivity contribution in [2.24, 2.45) is 0 Å². The summed E-state index contributed by atoms with van der Waals surface area (Å²) in [4.78, 5) is 10.1. The molecule has 1 aromatic rings. The van der Waals surface area contributed by atoms with Crippen LogP contribution < -0.4 is 0 Å². The molecule has 0 atom stereocenters. The van der Waals surface area contributed by atoms with Gasteiger partial charge in [-0.2, -0.15) is 11.8 Å². The molecule has 0 spiro atoms. The third-order valence-electron chi connectivity index (χ3n) is 2.36. The van der Waals surface area contributed by atoms with E-state index in [1.165, 1.54) is 0 Å². The molecule has 0 aromatic heterocycles. The molecule has 0 aliphatic carbocycles. The van der Waals surface area contributed by atoms with Crippen LogP contribution in [-0.2, 0) is 5.75 Å². The molecule has 4 nitrogen and oxygen atoms in total. The Morgan fingerprint density at radius 3 is 2.47 bits per heavy atom. The van der Waals surface area contributed by atoms with Gasteiger partial charge in [-0.15, -0.1) is 0 Å². The van der Waals surface area contributed by atoms with Gasteiger partial charge in [-0.25, -0.2) is 0 Å². The van der Waals surface area contributed by atoms with E-state index in [4.69, 9.17) is 5.11 Å². The first-order valence-electron chi connectivity index (χ1n) is 5.66. The van der Waals surface area contributed by atoms with Gasteiger partial charge in [-0.3, -0.25) is 10.1 Å². The molecule has 0 saturated heterocycles. The maximum Gasteiger partial charge on any atom is 0.269 e. The number of hydrogen-bond acceptors (Lipinski definition) is 4. The third-order valence-corrected chi connectivity index (χ3v) is 3.48. The van der Waals surface area contributed by atoms with Gasteiger partial charge in [0.1, 0.15) is 0 Å². The topological polar surface area (TPSA) is 63.4 Å². The zero-order valence-electron chi connectivity index (χ0n) is 9.67. The monoisotopic (exact) mass is 255 g/mol. The summed E-state index contributed by atoms with van der Waals surface area (Å²) >= 11 is 1.82. The number of nitro groups is 1. The Labute approximate surface area is 105 Å². The van der Waals surface area contributed by atoms with Gasteiger partial charge >= 0.3 is 0 Å². The van der Waals surface area contributed by atoms with Crippen LogP contribution >= 0.6 is 11.8 Å². The fourth-order valence-electron chi connectivity index (χ4n) is 1.40. The number of aliphatic hydroxyl groups is 1. The lowest BCUT2D eigenvalue weighted by atomic mass is 10.2. The van der Waals surface area contributed by atoms with E-state index in [0.29, 0.717) is 0 Å². The summed E-state index contributed by atoms with van der Waals surface area (Å²) in [6, 6.07) is 6.70. The largest absolute Gasteiger partial charge is 0.396 e. The van der Waals surface area contributed by atoms with E-state index < -0.39 is 0 Å². The molecular weight excluding hydrogens is 238 g/mol. The summed E-state index contributed by atoms with van der Waals surface area (Å²) in [7, 11) is 0. The van der Waals surface area contributed by atoms with E-state index in [2.05, 4.69) is 0 Å². The molecule has 17 heavy (non-hydrogen) atoms. The Morgan fingerprint density at radius 2 is 1.88 bits per heavy atom. The van der Waals surface area contributed by atoms with Crippen LogP contribution in [0, 0.1) is 10.1 Å². The summed E-state index contributed by atoms with van der Waals surface area (Å²) in [5, 5.41) is 19.1. The number of nitro benzene ring substituents is 1. The van der Waals surface area contributed by atoms with Crippen LogP contribution in [0.1, 0.15) is 24.8 Å². The molecule has 1 aromatic carbocycles. The Hall–Kier alpha value is -1.07. The molecule has 0 bridgehead atoms. The van der Waals surface area contributed by atoms with Gasteiger partial charge in [-0.05, 0) is 24.2 Å². The molecule has 0 aliphatic heterocycles. The number of non-ortho nitro benzene ring substituents is 1. The van der Waals surface area contributed by atoms with Gasteiger partial charge in [0.15, 0.2) is 0 Å². The SMILES string of the molecule is O=[N+]([O-])c1ccc(CSCCCCCO)cc1. The molecule has 94 valence electrons. The van der Waals surface area contributed by atoms with E-state index in [-0.39, 0.29) is 17.2 Å². The predicted octanol–water partition coefficient (Wildman–Crippen LogP) is 2.99. The van der Waals surface area contributed by atoms with Crippen LogP contribution in [0.4, 0.5) is 5.69 Å². The quantitative estimate of drug-likeness (QED) is 0.440. The van der Waals surface area contributed by atoms with Crippen molar-refractivity contribution in [3.63, 3.8) is 0 Å². The minimum atomic E-state index is -0.383. The maximum absolute atomic E-state index is 10.5. The number of unbranched alkanes of at least 4 members (excludes halogenated alkanes) is 2. The van der Waals surface area contributed by atoms with Crippen molar-refractivity contribution in [1.82, 2.24) is 0 Å². The van der Waals surface area contributed by atoms with Crippen molar-refractivity contribution in [2.75, 3.05) is 12.4 Å². The Balaban J connectivity index is 2.21. The maximum atomic E-state index is 10.5. The minimum absolute atomic E-state index is 0.140. The van der Waals surface area contributed by atoms with Gasteiger partial charge < -0.3 is 5.11 Å². The van der Waals surface area contributed by atoms with Crippen molar-refractivity contribution in [3.8, 4) is 0 Å². The Bertz CT molecular complexity index is 340. The highest BCUT2D eigenvalue weighted by Gasteiger charge is 2.03. The molecule has 5 heteroatoms. The van der Waals surface area contributed by atoms with E-state index in [9.17, 15) is 10.1 Å². The second kappa shape index (κ2) is 8.08. The van der Waals surface area contributed by atoms with Gasteiger partial charge in [0, 0.05) is 24.5 Å². The standard InChI is InChI=1S/C12H17NO3S/c14-8-2-1-3-9-17-10-11-4-6-12(7-5-11)13(15)16/h4-7,14H,1-3,8-10H2. The highest BCUT2D eigenvalue weighted by Crippen LogP contribution is 2.17. The highest BCUT2D eigenvalue weighted by molar-refractivity contribution is 7.98. The third kappa shape index (κ3) is 5.70. The van der Waals surface area contributed by atoms with E-state index in [1.54, 1.807) is 24.3 Å². The Morgan fingerprint density at radius 1 is 1.18 bits per heavy atom. The predicted molar refractivity (Wildman–Crippen MR) is 70.2 cm³/mol. The normalized spacial score (nSPS) is 10.4. The average Bonchev–Trinajstić information content (AvgIpc) is 2.34. The number of benzene rings is 1. The number of aliphatic hydroxyl groups excluding tert-OH is 1. The first kappa shape index (κ1) is 14.0. The van der Waals surface area contributed by atoms with E-state index in [1.807, 2.05) is 11.8 Å². The first-order valence-corrected chi connectivity index (χ1v) is 6.81. The van der Waals surface area contributed by atoms with Gasteiger partial charge in [0.25, 0.3) is 5.69 Å². The molecule has 0 amide bonds. The van der Waals surface area contributed by atoms with Crippen molar-refractivity contribution >= 4 is 17.4 Å². The lowest BCUT2D eigenvalue weighted by molar-refractivity contribution is -0.384. The van der Waals surface area contributed by atoms with Crippen molar-refractivity contribution in [3.05, 3.63) is 39.9 Å². The van der Waals surface area contributed by atoms with Crippen LogP contribution in [0.3, 0.4) is 0 Å². The van der Waals surface area contributed by atoms with Gasteiger partial charge in [0.05, 0.1) is 4.92 Å². The van der Waals surface area contributed by atoms with E-state index >= 15 is 0 Å². The summed E-state index contributed by atoms with van der Waals surface area (Å²) < 4.78 is 0. The van der Waals surface area contributed by atoms with E-state index in [0.717, 1.165) is 36.3 Å². The molecule has 0 unspecified atom stereocenters. The number of thioether (sulfide) groups is 1. The molecule has 0 fully saturated rings. The molecule has 1 rings (SSSR count). The van der Waals surface area contributed by atoms with Crippen LogP contribution in [0.25, 0.3) is 0 Å². The molecular formula is C12H17NO3S. The molecule has 0 saturated carbocycles. The zero-order chi connectivity index (χ0) is 12.5. The number of hydrogen-bond donors (Lipinski definition) is 1. The smallest absolute Gasteiger partial charge is 0.269 e. The fraction of sp³-hybridized carbons (Fsp3) is 0.500. The average molecular weight is 255 g/mol. The number of nitrogens with zero attached hydrogens (tertiary/aromatic N) is 1. The van der Waals surface area contributed by atoms with Crippen LogP contribution in [0.15, 0.2) is 24.3 Å². The Kier molecular flexibility index (Phi) is 6.65. The first-order chi connectivity index (χ1) is 8.24. The zero-order valence-corrected chi connectivity index (χ0v) is 10.5. The molecule has 0 heterocycles.